The number of carbonyl (C=O) groups is 2. The van der Waals surface area contributed by atoms with Crippen LogP contribution < -0.4 is 9.62 Å². The molecule has 8 heteroatoms. The van der Waals surface area contributed by atoms with Crippen LogP contribution in [0.5, 0.6) is 0 Å². The van der Waals surface area contributed by atoms with Gasteiger partial charge in [0.15, 0.2) is 0 Å². The lowest BCUT2D eigenvalue weighted by molar-refractivity contribution is -0.140. The van der Waals surface area contributed by atoms with Crippen molar-refractivity contribution in [2.75, 3.05) is 10.8 Å². The highest BCUT2D eigenvalue weighted by Gasteiger charge is 2.35. The van der Waals surface area contributed by atoms with Crippen molar-refractivity contribution >= 4 is 27.5 Å². The highest BCUT2D eigenvalue weighted by atomic mass is 32.2. The third-order valence-corrected chi connectivity index (χ3v) is 10.5. The predicted molar refractivity (Wildman–Crippen MR) is 183 cm³/mol. The molecule has 0 aromatic heterocycles. The van der Waals surface area contributed by atoms with Gasteiger partial charge in [-0.2, -0.15) is 0 Å². The van der Waals surface area contributed by atoms with Gasteiger partial charge in [0.05, 0.1) is 10.6 Å². The van der Waals surface area contributed by atoms with Crippen molar-refractivity contribution in [3.05, 3.63) is 131 Å². The zero-order valence-corrected chi connectivity index (χ0v) is 27.5. The summed E-state index contributed by atoms with van der Waals surface area (Å²) in [5.41, 5.74) is 4.10. The van der Waals surface area contributed by atoms with Crippen LogP contribution in [0.25, 0.3) is 0 Å². The number of rotatable bonds is 12. The third kappa shape index (κ3) is 8.23. The minimum absolute atomic E-state index is 0.0534. The summed E-state index contributed by atoms with van der Waals surface area (Å²) in [6, 6.07) is 31.9. The lowest BCUT2D eigenvalue weighted by Gasteiger charge is -2.35. The lowest BCUT2D eigenvalue weighted by Crippen LogP contribution is -2.55. The summed E-state index contributed by atoms with van der Waals surface area (Å²) >= 11 is 0. The highest BCUT2D eigenvalue weighted by Crippen LogP contribution is 2.26. The second-order valence-electron chi connectivity index (χ2n) is 12.2. The first kappa shape index (κ1) is 32.9. The van der Waals surface area contributed by atoms with E-state index in [1.54, 1.807) is 59.5 Å². The van der Waals surface area contributed by atoms with Crippen molar-refractivity contribution < 1.29 is 18.0 Å². The molecular formula is C38H43N3O4S. The Morgan fingerprint density at radius 1 is 0.783 bits per heavy atom. The van der Waals surface area contributed by atoms with Gasteiger partial charge < -0.3 is 10.2 Å². The molecule has 1 fully saturated rings. The molecule has 1 aliphatic rings. The molecule has 0 heterocycles. The van der Waals surface area contributed by atoms with Gasteiger partial charge in [-0.3, -0.25) is 13.9 Å². The molecule has 4 aromatic carbocycles. The van der Waals surface area contributed by atoms with E-state index in [-0.39, 0.29) is 23.4 Å². The number of nitrogens with zero attached hydrogens (tertiary/aromatic N) is 2. The number of carbonyl (C=O) groups excluding carboxylic acids is 2. The van der Waals surface area contributed by atoms with Gasteiger partial charge in [-0.15, -0.1) is 0 Å². The van der Waals surface area contributed by atoms with Crippen LogP contribution >= 0.6 is 0 Å². The third-order valence-electron chi connectivity index (χ3n) is 8.76. The molecule has 5 rings (SSSR count). The second-order valence-corrected chi connectivity index (χ2v) is 14.0. The number of amides is 2. The van der Waals surface area contributed by atoms with Crippen molar-refractivity contribution in [1.82, 2.24) is 10.2 Å². The zero-order valence-electron chi connectivity index (χ0n) is 26.6. The fourth-order valence-corrected chi connectivity index (χ4v) is 7.44. The van der Waals surface area contributed by atoms with Crippen molar-refractivity contribution in [3.8, 4) is 0 Å². The van der Waals surface area contributed by atoms with E-state index in [4.69, 9.17) is 0 Å². The van der Waals surface area contributed by atoms with Crippen molar-refractivity contribution in [2.45, 2.75) is 75.9 Å². The average Bonchev–Trinajstić information content (AvgIpc) is 3.07. The fraction of sp³-hybridized carbons (Fsp3) is 0.316. The van der Waals surface area contributed by atoms with Crippen molar-refractivity contribution in [1.29, 1.82) is 0 Å². The standard InChI is InChI=1S/C38H43N3O4S/c1-29-22-24-35(25-23-29)46(44,45)41(34-20-10-5-11-21-34)28-37(42)40(27-32-17-13-12-14-30(32)2)36(26-31-15-6-3-7-16-31)38(43)39-33-18-8-4-9-19-33/h3,5-7,10-17,20-25,33,36H,4,8-9,18-19,26-28H2,1-2H3,(H,39,43). The average molecular weight is 638 g/mol. The van der Waals surface area contributed by atoms with E-state index in [0.717, 1.165) is 58.7 Å². The predicted octanol–water partition coefficient (Wildman–Crippen LogP) is 6.59. The second kappa shape index (κ2) is 15.2. The van der Waals surface area contributed by atoms with Gasteiger partial charge in [-0.25, -0.2) is 8.42 Å². The molecule has 0 saturated heterocycles. The summed E-state index contributed by atoms with van der Waals surface area (Å²) in [4.78, 5) is 30.5. The molecular weight excluding hydrogens is 595 g/mol. The Morgan fingerprint density at radius 3 is 2.04 bits per heavy atom. The number of hydrogen-bond acceptors (Lipinski definition) is 4. The van der Waals surface area contributed by atoms with Crippen LogP contribution in [0.1, 0.15) is 54.4 Å². The molecule has 240 valence electrons. The Kier molecular flexibility index (Phi) is 10.9. The van der Waals surface area contributed by atoms with E-state index in [1.807, 2.05) is 68.4 Å². The monoisotopic (exact) mass is 637 g/mol. The Labute approximate surface area is 273 Å². The summed E-state index contributed by atoms with van der Waals surface area (Å²) in [7, 11) is -4.12. The van der Waals surface area contributed by atoms with Gasteiger partial charge in [-0.1, -0.05) is 110 Å². The van der Waals surface area contributed by atoms with Crippen LogP contribution in [-0.2, 0) is 32.6 Å². The number of hydrogen-bond donors (Lipinski definition) is 1. The minimum atomic E-state index is -4.12. The van der Waals surface area contributed by atoms with Crippen LogP contribution in [0, 0.1) is 13.8 Å². The van der Waals surface area contributed by atoms with Crippen LogP contribution in [-0.4, -0.2) is 43.8 Å². The lowest BCUT2D eigenvalue weighted by atomic mass is 9.94. The molecule has 4 aromatic rings. The summed E-state index contributed by atoms with van der Waals surface area (Å²) < 4.78 is 29.5. The first-order valence-electron chi connectivity index (χ1n) is 16.0. The van der Waals surface area contributed by atoms with E-state index in [1.165, 1.54) is 0 Å². The maximum atomic E-state index is 14.6. The molecule has 1 aliphatic carbocycles. The van der Waals surface area contributed by atoms with E-state index < -0.39 is 28.5 Å². The number of sulfonamides is 1. The molecule has 0 aliphatic heterocycles. The van der Waals surface area contributed by atoms with Gasteiger partial charge >= 0.3 is 0 Å². The van der Waals surface area contributed by atoms with Gasteiger partial charge in [0.1, 0.15) is 12.6 Å². The van der Waals surface area contributed by atoms with Gasteiger partial charge in [-0.05, 0) is 67.6 Å². The van der Waals surface area contributed by atoms with Gasteiger partial charge in [0.25, 0.3) is 10.0 Å². The summed E-state index contributed by atoms with van der Waals surface area (Å²) in [5.74, 6) is -0.673. The maximum Gasteiger partial charge on any atom is 0.264 e. The maximum absolute atomic E-state index is 14.6. The topological polar surface area (TPSA) is 86.8 Å². The summed E-state index contributed by atoms with van der Waals surface area (Å²) in [6.45, 7) is 3.57. The van der Waals surface area contributed by atoms with E-state index in [0.29, 0.717) is 12.1 Å². The zero-order chi connectivity index (χ0) is 32.5. The highest BCUT2D eigenvalue weighted by molar-refractivity contribution is 7.92. The molecule has 0 radical (unpaired) electrons. The fourth-order valence-electron chi connectivity index (χ4n) is 6.03. The molecule has 1 N–H and O–H groups in total. The van der Waals surface area contributed by atoms with E-state index in [9.17, 15) is 18.0 Å². The molecule has 0 bridgehead atoms. The molecule has 1 saturated carbocycles. The SMILES string of the molecule is Cc1ccc(S(=O)(=O)N(CC(=O)N(Cc2ccccc2C)C(Cc2ccccc2)C(=O)NC2CCCCC2)c2ccccc2)cc1. The molecule has 0 spiro atoms. The number of para-hydroxylation sites is 1. The van der Waals surface area contributed by atoms with Crippen LogP contribution in [0.4, 0.5) is 5.69 Å². The summed E-state index contributed by atoms with van der Waals surface area (Å²) in [5, 5.41) is 3.26. The number of benzene rings is 4. The Hall–Kier alpha value is -4.43. The van der Waals surface area contributed by atoms with Gasteiger partial charge in [0.2, 0.25) is 11.8 Å². The largest absolute Gasteiger partial charge is 0.352 e. The molecule has 2 amide bonds. The van der Waals surface area contributed by atoms with Crippen LogP contribution in [0.15, 0.2) is 114 Å². The number of nitrogens with one attached hydrogen (secondary N) is 1. The van der Waals surface area contributed by atoms with Crippen molar-refractivity contribution in [3.63, 3.8) is 0 Å². The molecule has 46 heavy (non-hydrogen) atoms. The molecule has 1 unspecified atom stereocenters. The van der Waals surface area contributed by atoms with E-state index >= 15 is 0 Å². The normalized spacial score (nSPS) is 14.3. The van der Waals surface area contributed by atoms with Crippen LogP contribution in [0.3, 0.4) is 0 Å². The van der Waals surface area contributed by atoms with E-state index in [2.05, 4.69) is 5.32 Å². The molecule has 1 atom stereocenters. The number of aryl methyl sites for hydroxylation is 2. The minimum Gasteiger partial charge on any atom is -0.352 e. The van der Waals surface area contributed by atoms with Crippen LogP contribution in [0.2, 0.25) is 0 Å². The van der Waals surface area contributed by atoms with Crippen molar-refractivity contribution in [2.24, 2.45) is 0 Å². The molecule has 7 nitrogen and oxygen atoms in total. The quantitative estimate of drug-likeness (QED) is 0.190. The first-order valence-corrected chi connectivity index (χ1v) is 17.5. The first-order chi connectivity index (χ1) is 22.2. The Bertz CT molecular complexity index is 1700. The Morgan fingerprint density at radius 2 is 1.39 bits per heavy atom. The smallest absolute Gasteiger partial charge is 0.264 e. The summed E-state index contributed by atoms with van der Waals surface area (Å²) in [6.07, 6.45) is 5.39. The Balaban J connectivity index is 1.55. The number of anilines is 1. The van der Waals surface area contributed by atoms with Gasteiger partial charge in [0, 0.05) is 19.0 Å².